The molecule has 30 heavy (non-hydrogen) atoms. The molecule has 0 saturated carbocycles. The van der Waals surface area contributed by atoms with Gasteiger partial charge in [-0.1, -0.05) is 13.5 Å². The van der Waals surface area contributed by atoms with Crippen molar-refractivity contribution in [3.05, 3.63) is 67.0 Å². The summed E-state index contributed by atoms with van der Waals surface area (Å²) >= 11 is 0. The van der Waals surface area contributed by atoms with Crippen molar-refractivity contribution in [2.75, 3.05) is 48.3 Å². The van der Waals surface area contributed by atoms with E-state index in [1.807, 2.05) is 31.3 Å². The molecule has 0 unspecified atom stereocenters. The van der Waals surface area contributed by atoms with Crippen LogP contribution in [0.3, 0.4) is 0 Å². The highest BCUT2D eigenvalue weighted by Crippen LogP contribution is 2.18. The SMILES string of the molecule is C=C(/C=C\N=C(C)Nc1ccc(N2CCNCC2)cc1)c1ccc(NCCC)nc1. The Bertz CT molecular complexity index is 862. The van der Waals surface area contributed by atoms with Crippen LogP contribution in [0.5, 0.6) is 0 Å². The molecule has 6 nitrogen and oxygen atoms in total. The zero-order valence-corrected chi connectivity index (χ0v) is 18.0. The van der Waals surface area contributed by atoms with Gasteiger partial charge in [0.05, 0.1) is 0 Å². The fourth-order valence-electron chi connectivity index (χ4n) is 3.20. The fraction of sp³-hybridized carbons (Fsp3) is 0.333. The maximum absolute atomic E-state index is 4.47. The van der Waals surface area contributed by atoms with Crippen LogP contribution >= 0.6 is 0 Å². The second-order valence-electron chi connectivity index (χ2n) is 7.32. The normalized spacial score (nSPS) is 14.7. The summed E-state index contributed by atoms with van der Waals surface area (Å²) in [6, 6.07) is 12.5. The highest BCUT2D eigenvalue weighted by Gasteiger charge is 2.09. The van der Waals surface area contributed by atoms with Crippen molar-refractivity contribution >= 4 is 28.6 Å². The first-order valence-corrected chi connectivity index (χ1v) is 10.6. The Morgan fingerprint density at radius 1 is 1.20 bits per heavy atom. The molecular formula is C24H32N6. The van der Waals surface area contributed by atoms with Gasteiger partial charge in [-0.05, 0) is 67.0 Å². The minimum atomic E-state index is 0.825. The number of anilines is 3. The zero-order chi connectivity index (χ0) is 21.2. The van der Waals surface area contributed by atoms with Crippen LogP contribution in [0.4, 0.5) is 17.2 Å². The quantitative estimate of drug-likeness (QED) is 0.346. The third kappa shape index (κ3) is 6.46. The summed E-state index contributed by atoms with van der Waals surface area (Å²) in [7, 11) is 0. The number of aliphatic imine (C=N–C) groups is 1. The lowest BCUT2D eigenvalue weighted by Crippen LogP contribution is -2.43. The summed E-state index contributed by atoms with van der Waals surface area (Å²) in [6.45, 7) is 13.3. The molecule has 2 aromatic rings. The van der Waals surface area contributed by atoms with E-state index in [1.165, 1.54) is 5.69 Å². The van der Waals surface area contributed by atoms with E-state index in [4.69, 9.17) is 0 Å². The first-order chi connectivity index (χ1) is 14.7. The number of hydrogen-bond donors (Lipinski definition) is 3. The van der Waals surface area contributed by atoms with Gasteiger partial charge in [0.25, 0.3) is 0 Å². The molecule has 1 aliphatic heterocycles. The molecule has 3 N–H and O–H groups in total. The summed E-state index contributed by atoms with van der Waals surface area (Å²) < 4.78 is 0. The highest BCUT2D eigenvalue weighted by atomic mass is 15.2. The largest absolute Gasteiger partial charge is 0.370 e. The van der Waals surface area contributed by atoms with Crippen LogP contribution in [0.2, 0.25) is 0 Å². The standard InChI is InChI=1S/C24H32N6/c1-4-12-27-24-10-5-21(18-28-24)19(2)11-13-26-20(3)29-22-6-8-23(9-7-22)30-16-14-25-15-17-30/h5-11,13,18,25H,2,4,12,14-17H2,1,3H3,(H,26,29)(H,27,28)/b13-11-. The molecule has 1 aromatic heterocycles. The smallest absolute Gasteiger partial charge is 0.125 e. The van der Waals surface area contributed by atoms with Gasteiger partial charge in [-0.25, -0.2) is 9.98 Å². The molecule has 1 aliphatic rings. The summed E-state index contributed by atoms with van der Waals surface area (Å²) in [6.07, 6.45) is 6.57. The molecule has 1 fully saturated rings. The van der Waals surface area contributed by atoms with Crippen LogP contribution in [-0.2, 0) is 0 Å². The van der Waals surface area contributed by atoms with E-state index in [0.29, 0.717) is 0 Å². The predicted molar refractivity (Wildman–Crippen MR) is 129 cm³/mol. The first kappa shape index (κ1) is 21.6. The van der Waals surface area contributed by atoms with E-state index in [-0.39, 0.29) is 0 Å². The summed E-state index contributed by atoms with van der Waals surface area (Å²) in [5.41, 5.74) is 4.15. The van der Waals surface area contributed by atoms with Crippen LogP contribution in [0.15, 0.2) is 66.4 Å². The van der Waals surface area contributed by atoms with Gasteiger partial charge in [0.15, 0.2) is 0 Å². The van der Waals surface area contributed by atoms with Crippen LogP contribution in [0.1, 0.15) is 25.8 Å². The van der Waals surface area contributed by atoms with E-state index >= 15 is 0 Å². The Labute approximate surface area is 179 Å². The third-order valence-electron chi connectivity index (χ3n) is 4.91. The minimum absolute atomic E-state index is 0.825. The van der Waals surface area contributed by atoms with E-state index in [9.17, 15) is 0 Å². The Hall–Kier alpha value is -3.12. The van der Waals surface area contributed by atoms with Gasteiger partial charge in [-0.2, -0.15) is 0 Å². The van der Waals surface area contributed by atoms with Crippen molar-refractivity contribution in [2.45, 2.75) is 20.3 Å². The van der Waals surface area contributed by atoms with E-state index in [1.54, 1.807) is 6.20 Å². The van der Waals surface area contributed by atoms with Gasteiger partial charge < -0.3 is 20.9 Å². The lowest BCUT2D eigenvalue weighted by Gasteiger charge is -2.29. The molecule has 158 valence electrons. The predicted octanol–water partition coefficient (Wildman–Crippen LogP) is 4.37. The Morgan fingerprint density at radius 2 is 1.97 bits per heavy atom. The molecule has 6 heteroatoms. The van der Waals surface area contributed by atoms with Gasteiger partial charge in [-0.3, -0.25) is 0 Å². The topological polar surface area (TPSA) is 64.6 Å². The van der Waals surface area contributed by atoms with Gasteiger partial charge in [0.1, 0.15) is 11.7 Å². The number of benzene rings is 1. The van der Waals surface area contributed by atoms with Crippen LogP contribution in [-0.4, -0.2) is 43.5 Å². The molecule has 2 heterocycles. The van der Waals surface area contributed by atoms with Crippen LogP contribution < -0.4 is 20.9 Å². The molecular weight excluding hydrogens is 372 g/mol. The van der Waals surface area contributed by atoms with Crippen molar-refractivity contribution < 1.29 is 0 Å². The average molecular weight is 405 g/mol. The van der Waals surface area contributed by atoms with Crippen molar-refractivity contribution in [3.63, 3.8) is 0 Å². The number of hydrogen-bond acceptors (Lipinski definition) is 5. The van der Waals surface area contributed by atoms with Crippen molar-refractivity contribution in [1.82, 2.24) is 10.3 Å². The Balaban J connectivity index is 1.51. The lowest BCUT2D eigenvalue weighted by molar-refractivity contribution is 0.589. The third-order valence-corrected chi connectivity index (χ3v) is 4.91. The second-order valence-corrected chi connectivity index (χ2v) is 7.32. The van der Waals surface area contributed by atoms with E-state index < -0.39 is 0 Å². The molecule has 1 aromatic carbocycles. The van der Waals surface area contributed by atoms with Crippen molar-refractivity contribution in [3.8, 4) is 0 Å². The number of nitrogens with zero attached hydrogens (tertiary/aromatic N) is 3. The number of piperazine rings is 1. The second kappa shape index (κ2) is 11.2. The van der Waals surface area contributed by atoms with Crippen molar-refractivity contribution in [1.29, 1.82) is 0 Å². The highest BCUT2D eigenvalue weighted by molar-refractivity contribution is 5.94. The molecule has 0 radical (unpaired) electrons. The Morgan fingerprint density at radius 3 is 2.63 bits per heavy atom. The Kier molecular flexibility index (Phi) is 8.03. The fourth-order valence-corrected chi connectivity index (χ4v) is 3.20. The lowest BCUT2D eigenvalue weighted by atomic mass is 10.1. The minimum Gasteiger partial charge on any atom is -0.370 e. The summed E-state index contributed by atoms with van der Waals surface area (Å²) in [4.78, 5) is 11.3. The number of pyridine rings is 1. The van der Waals surface area contributed by atoms with Crippen LogP contribution in [0, 0.1) is 0 Å². The molecule has 0 aliphatic carbocycles. The maximum atomic E-state index is 4.47. The molecule has 0 atom stereocenters. The average Bonchev–Trinajstić information content (AvgIpc) is 2.79. The van der Waals surface area contributed by atoms with E-state index in [0.717, 1.165) is 67.6 Å². The van der Waals surface area contributed by atoms with Gasteiger partial charge in [0, 0.05) is 56.5 Å². The van der Waals surface area contributed by atoms with E-state index in [2.05, 4.69) is 68.6 Å². The van der Waals surface area contributed by atoms with Crippen LogP contribution in [0.25, 0.3) is 5.57 Å². The monoisotopic (exact) mass is 404 g/mol. The molecule has 0 amide bonds. The maximum Gasteiger partial charge on any atom is 0.125 e. The molecule has 3 rings (SSSR count). The molecule has 1 saturated heterocycles. The summed E-state index contributed by atoms with van der Waals surface area (Å²) in [5, 5.41) is 9.98. The van der Waals surface area contributed by atoms with Crippen molar-refractivity contribution in [2.24, 2.45) is 4.99 Å². The zero-order valence-electron chi connectivity index (χ0n) is 18.0. The van der Waals surface area contributed by atoms with Gasteiger partial charge in [-0.15, -0.1) is 0 Å². The number of amidine groups is 1. The number of aromatic nitrogens is 1. The van der Waals surface area contributed by atoms with Gasteiger partial charge in [0.2, 0.25) is 0 Å². The van der Waals surface area contributed by atoms with Gasteiger partial charge >= 0.3 is 0 Å². The number of allylic oxidation sites excluding steroid dienone is 2. The number of nitrogens with one attached hydrogen (secondary N) is 3. The molecule has 0 spiro atoms. The molecule has 0 bridgehead atoms. The summed E-state index contributed by atoms with van der Waals surface area (Å²) in [5.74, 6) is 1.71. The number of rotatable bonds is 8. The first-order valence-electron chi connectivity index (χ1n) is 10.6.